The lowest BCUT2D eigenvalue weighted by atomic mass is 10.2. The molecule has 0 aliphatic carbocycles. The molecule has 1 aromatic rings. The van der Waals surface area contributed by atoms with Gasteiger partial charge in [0.25, 0.3) is 6.43 Å². The van der Waals surface area contributed by atoms with Gasteiger partial charge in [-0.05, 0) is 6.07 Å². The lowest BCUT2D eigenvalue weighted by Crippen LogP contribution is -2.12. The Labute approximate surface area is 71.4 Å². The van der Waals surface area contributed by atoms with Crippen LogP contribution in [0.2, 0.25) is 0 Å². The zero-order valence-corrected chi connectivity index (χ0v) is 6.30. The number of amides is 1. The number of hydrogen-bond donors (Lipinski definition) is 1. The van der Waals surface area contributed by atoms with Gasteiger partial charge in [0.1, 0.15) is 5.69 Å². The molecule has 0 saturated carbocycles. The molecule has 6 heteroatoms. The fourth-order valence-corrected chi connectivity index (χ4v) is 0.771. The van der Waals surface area contributed by atoms with Gasteiger partial charge < -0.3 is 5.73 Å². The van der Waals surface area contributed by atoms with Gasteiger partial charge in [0.2, 0.25) is 11.9 Å². The summed E-state index contributed by atoms with van der Waals surface area (Å²) < 4.78 is 36.5. The van der Waals surface area contributed by atoms with Crippen LogP contribution >= 0.6 is 0 Å². The third-order valence-electron chi connectivity index (χ3n) is 1.32. The van der Waals surface area contributed by atoms with Crippen LogP contribution in [0.15, 0.2) is 12.1 Å². The predicted octanol–water partition coefficient (Wildman–Crippen LogP) is 1.26. The molecule has 0 bridgehead atoms. The molecule has 13 heavy (non-hydrogen) atoms. The Morgan fingerprint density at radius 1 is 1.46 bits per heavy atom. The molecule has 0 atom stereocenters. The molecule has 0 spiro atoms. The first-order chi connectivity index (χ1) is 6.00. The third kappa shape index (κ3) is 2.17. The van der Waals surface area contributed by atoms with Gasteiger partial charge in [-0.2, -0.15) is 4.39 Å². The molecule has 0 aromatic carbocycles. The number of pyridine rings is 1. The van der Waals surface area contributed by atoms with Gasteiger partial charge >= 0.3 is 0 Å². The SMILES string of the molecule is NC(=O)c1cc(F)nc(C(F)F)c1. The standard InChI is InChI=1S/C7H5F3N2O/c8-5-2-3(7(11)13)1-4(12-5)6(9)10/h1-2,6H,(H2,11,13). The second kappa shape index (κ2) is 3.42. The summed E-state index contributed by atoms with van der Waals surface area (Å²) in [4.78, 5) is 13.4. The highest BCUT2D eigenvalue weighted by Gasteiger charge is 2.13. The number of aromatic nitrogens is 1. The maximum Gasteiger partial charge on any atom is 0.280 e. The van der Waals surface area contributed by atoms with E-state index in [2.05, 4.69) is 4.98 Å². The minimum Gasteiger partial charge on any atom is -0.366 e. The summed E-state index contributed by atoms with van der Waals surface area (Å²) in [5.74, 6) is -2.12. The van der Waals surface area contributed by atoms with Crippen LogP contribution in [-0.4, -0.2) is 10.9 Å². The Morgan fingerprint density at radius 3 is 2.54 bits per heavy atom. The summed E-state index contributed by atoms with van der Waals surface area (Å²) in [5.41, 5.74) is 3.66. The van der Waals surface area contributed by atoms with Crippen LogP contribution in [0.3, 0.4) is 0 Å². The van der Waals surface area contributed by atoms with Gasteiger partial charge in [-0.3, -0.25) is 4.79 Å². The molecule has 70 valence electrons. The second-order valence-corrected chi connectivity index (χ2v) is 2.27. The highest BCUT2D eigenvalue weighted by atomic mass is 19.3. The van der Waals surface area contributed by atoms with Crippen molar-refractivity contribution in [1.29, 1.82) is 0 Å². The summed E-state index contributed by atoms with van der Waals surface area (Å²) in [5, 5.41) is 0. The van der Waals surface area contributed by atoms with Crippen molar-refractivity contribution in [2.45, 2.75) is 6.43 Å². The molecule has 3 nitrogen and oxygen atoms in total. The summed E-state index contributed by atoms with van der Waals surface area (Å²) in [7, 11) is 0. The number of primary amides is 1. The Kier molecular flexibility index (Phi) is 2.50. The van der Waals surface area contributed by atoms with Gasteiger partial charge in [-0.15, -0.1) is 0 Å². The number of halogens is 3. The highest BCUT2D eigenvalue weighted by molar-refractivity contribution is 5.92. The van der Waals surface area contributed by atoms with E-state index in [1.807, 2.05) is 0 Å². The normalized spacial score (nSPS) is 10.5. The first-order valence-corrected chi connectivity index (χ1v) is 3.26. The van der Waals surface area contributed by atoms with Gasteiger partial charge in [-0.1, -0.05) is 0 Å². The Morgan fingerprint density at radius 2 is 2.08 bits per heavy atom. The van der Waals surface area contributed by atoms with Gasteiger partial charge in [0.05, 0.1) is 0 Å². The summed E-state index contributed by atoms with van der Waals surface area (Å²) >= 11 is 0. The minimum absolute atomic E-state index is 0.317. The van der Waals surface area contributed by atoms with Crippen molar-refractivity contribution in [1.82, 2.24) is 4.98 Å². The van der Waals surface area contributed by atoms with E-state index in [0.29, 0.717) is 6.07 Å². The molecule has 0 unspecified atom stereocenters. The molecule has 0 fully saturated rings. The van der Waals surface area contributed by atoms with Crippen molar-refractivity contribution >= 4 is 5.91 Å². The number of rotatable bonds is 2. The maximum absolute atomic E-state index is 12.5. The van der Waals surface area contributed by atoms with Crippen molar-refractivity contribution in [3.63, 3.8) is 0 Å². The molecular formula is C7H5F3N2O. The topological polar surface area (TPSA) is 56.0 Å². The van der Waals surface area contributed by atoms with Gasteiger partial charge in [0, 0.05) is 11.6 Å². The number of carbonyl (C=O) groups excluding carboxylic acids is 1. The average Bonchev–Trinajstić information content (AvgIpc) is 2.03. The third-order valence-corrected chi connectivity index (χ3v) is 1.32. The lowest BCUT2D eigenvalue weighted by Gasteiger charge is -2.00. The number of nitrogens with two attached hydrogens (primary N) is 1. The predicted molar refractivity (Wildman–Crippen MR) is 37.7 cm³/mol. The molecule has 1 amide bonds. The monoisotopic (exact) mass is 190 g/mol. The lowest BCUT2D eigenvalue weighted by molar-refractivity contribution is 0.0998. The zero-order chi connectivity index (χ0) is 10.0. The van der Waals surface area contributed by atoms with Gasteiger partial charge in [0.15, 0.2) is 0 Å². The van der Waals surface area contributed by atoms with Crippen molar-refractivity contribution in [2.24, 2.45) is 5.73 Å². The summed E-state index contributed by atoms with van der Waals surface area (Å²) in [6, 6.07) is 1.46. The Balaban J connectivity index is 3.19. The molecule has 1 rings (SSSR count). The van der Waals surface area contributed by atoms with E-state index in [1.54, 1.807) is 0 Å². The van der Waals surface area contributed by atoms with Crippen LogP contribution in [0.25, 0.3) is 0 Å². The van der Waals surface area contributed by atoms with Crippen LogP contribution in [0.1, 0.15) is 22.5 Å². The Hall–Kier alpha value is -1.59. The number of carbonyl (C=O) groups is 1. The smallest absolute Gasteiger partial charge is 0.280 e. The van der Waals surface area contributed by atoms with Crippen LogP contribution in [0.5, 0.6) is 0 Å². The largest absolute Gasteiger partial charge is 0.366 e. The van der Waals surface area contributed by atoms with Crippen LogP contribution in [0.4, 0.5) is 13.2 Å². The average molecular weight is 190 g/mol. The fraction of sp³-hybridized carbons (Fsp3) is 0.143. The molecule has 0 aliphatic rings. The quantitative estimate of drug-likeness (QED) is 0.713. The zero-order valence-electron chi connectivity index (χ0n) is 6.30. The number of alkyl halides is 2. The molecule has 0 aliphatic heterocycles. The number of nitrogens with zero attached hydrogens (tertiary/aromatic N) is 1. The van der Waals surface area contributed by atoms with E-state index >= 15 is 0 Å². The molecule has 0 saturated heterocycles. The van der Waals surface area contributed by atoms with Crippen LogP contribution in [0, 0.1) is 5.95 Å². The van der Waals surface area contributed by atoms with E-state index in [1.165, 1.54) is 0 Å². The van der Waals surface area contributed by atoms with Crippen molar-refractivity contribution in [2.75, 3.05) is 0 Å². The van der Waals surface area contributed by atoms with Crippen LogP contribution < -0.4 is 5.73 Å². The van der Waals surface area contributed by atoms with E-state index in [-0.39, 0.29) is 5.56 Å². The molecule has 2 N–H and O–H groups in total. The molecular weight excluding hydrogens is 185 g/mol. The Bertz CT molecular complexity index is 341. The van der Waals surface area contributed by atoms with E-state index in [4.69, 9.17) is 5.73 Å². The first kappa shape index (κ1) is 9.50. The summed E-state index contributed by atoms with van der Waals surface area (Å²) in [6.45, 7) is 0. The van der Waals surface area contributed by atoms with E-state index in [0.717, 1.165) is 6.07 Å². The first-order valence-electron chi connectivity index (χ1n) is 3.26. The second-order valence-electron chi connectivity index (χ2n) is 2.27. The summed E-state index contributed by atoms with van der Waals surface area (Å²) in [6.07, 6.45) is -2.92. The van der Waals surface area contributed by atoms with E-state index in [9.17, 15) is 18.0 Å². The van der Waals surface area contributed by atoms with Crippen molar-refractivity contribution in [3.8, 4) is 0 Å². The van der Waals surface area contributed by atoms with Crippen molar-refractivity contribution in [3.05, 3.63) is 29.3 Å². The molecule has 1 heterocycles. The molecule has 1 aromatic heterocycles. The minimum atomic E-state index is -2.92. The van der Waals surface area contributed by atoms with Crippen molar-refractivity contribution < 1.29 is 18.0 Å². The maximum atomic E-state index is 12.5. The molecule has 0 radical (unpaired) electrons. The number of hydrogen-bond acceptors (Lipinski definition) is 2. The van der Waals surface area contributed by atoms with Crippen LogP contribution in [-0.2, 0) is 0 Å². The van der Waals surface area contributed by atoms with Gasteiger partial charge in [-0.25, -0.2) is 13.8 Å². The highest BCUT2D eigenvalue weighted by Crippen LogP contribution is 2.17. The van der Waals surface area contributed by atoms with E-state index < -0.39 is 24.0 Å². The fourth-order valence-electron chi connectivity index (χ4n) is 0.771.